The molecule has 0 saturated carbocycles. The number of halogens is 1. The average molecular weight is 144 g/mol. The van der Waals surface area contributed by atoms with Crippen LogP contribution in [0.2, 0.25) is 0 Å². The van der Waals surface area contributed by atoms with Gasteiger partial charge in [-0.3, -0.25) is 0 Å². The second-order valence-electron chi connectivity index (χ2n) is 2.27. The second-order valence-corrected chi connectivity index (χ2v) is 2.27. The van der Waals surface area contributed by atoms with E-state index in [0.29, 0.717) is 5.76 Å². The number of hydrogen-bond donors (Lipinski definition) is 0. The summed E-state index contributed by atoms with van der Waals surface area (Å²) >= 11 is 0. The summed E-state index contributed by atoms with van der Waals surface area (Å²) in [5.41, 5.74) is 0. The van der Waals surface area contributed by atoms with Crippen molar-refractivity contribution in [3.63, 3.8) is 0 Å². The van der Waals surface area contributed by atoms with Gasteiger partial charge in [-0.15, -0.1) is 0 Å². The molecular formula is C8H13FO. The first kappa shape index (κ1) is 9.21. The molecule has 0 aromatic heterocycles. The van der Waals surface area contributed by atoms with Crippen molar-refractivity contribution in [3.8, 4) is 0 Å². The average Bonchev–Trinajstić information content (AvgIpc) is 1.85. The molecule has 0 aromatic carbocycles. The van der Waals surface area contributed by atoms with Crippen LogP contribution in [0.15, 0.2) is 24.2 Å². The second kappa shape index (κ2) is 4.09. The van der Waals surface area contributed by atoms with Crippen molar-refractivity contribution in [2.45, 2.75) is 26.9 Å². The quantitative estimate of drug-likeness (QED) is 0.437. The summed E-state index contributed by atoms with van der Waals surface area (Å²) in [7, 11) is 0. The summed E-state index contributed by atoms with van der Waals surface area (Å²) < 4.78 is 17.6. The Bertz CT molecular complexity index is 147. The van der Waals surface area contributed by atoms with Crippen LogP contribution in [0.4, 0.5) is 4.39 Å². The smallest absolute Gasteiger partial charge is 0.159 e. The molecule has 0 aliphatic rings. The van der Waals surface area contributed by atoms with Crippen molar-refractivity contribution in [1.29, 1.82) is 0 Å². The molecule has 1 nitrogen and oxygen atoms in total. The molecule has 0 heterocycles. The minimum atomic E-state index is -0.395. The molecule has 0 bridgehead atoms. The molecule has 10 heavy (non-hydrogen) atoms. The van der Waals surface area contributed by atoms with E-state index in [4.69, 9.17) is 4.74 Å². The Kier molecular flexibility index (Phi) is 3.77. The van der Waals surface area contributed by atoms with Crippen LogP contribution < -0.4 is 0 Å². The van der Waals surface area contributed by atoms with Crippen LogP contribution in [-0.2, 0) is 4.74 Å². The molecule has 0 unspecified atom stereocenters. The standard InChI is InChI=1S/C8H13FO/c1-5-8(9)7(4)10-6(2)3/h5-6H,1H2,2-4H3/b8-7-. The highest BCUT2D eigenvalue weighted by molar-refractivity contribution is 5.10. The summed E-state index contributed by atoms with van der Waals surface area (Å²) in [6.45, 7) is 8.55. The van der Waals surface area contributed by atoms with Gasteiger partial charge in [-0.25, -0.2) is 4.39 Å². The predicted molar refractivity (Wildman–Crippen MR) is 40.2 cm³/mol. The van der Waals surface area contributed by atoms with Crippen LogP contribution in [-0.4, -0.2) is 6.10 Å². The molecule has 0 rings (SSSR count). The Morgan fingerprint density at radius 3 is 2.40 bits per heavy atom. The van der Waals surface area contributed by atoms with E-state index in [-0.39, 0.29) is 6.10 Å². The van der Waals surface area contributed by atoms with E-state index in [2.05, 4.69) is 6.58 Å². The molecule has 0 saturated heterocycles. The molecule has 0 spiro atoms. The molecule has 0 radical (unpaired) electrons. The summed E-state index contributed by atoms with van der Waals surface area (Å²) in [5.74, 6) is -0.0984. The van der Waals surface area contributed by atoms with Crippen LogP contribution in [0.3, 0.4) is 0 Å². The molecule has 0 aromatic rings. The van der Waals surface area contributed by atoms with Crippen LogP contribution in [0, 0.1) is 0 Å². The van der Waals surface area contributed by atoms with Crippen molar-refractivity contribution in [2.75, 3.05) is 0 Å². The van der Waals surface area contributed by atoms with Gasteiger partial charge in [0.1, 0.15) is 5.76 Å². The lowest BCUT2D eigenvalue weighted by Gasteiger charge is -2.09. The fraction of sp³-hybridized carbons (Fsp3) is 0.500. The topological polar surface area (TPSA) is 9.23 Å². The maximum atomic E-state index is 12.5. The number of ether oxygens (including phenoxy) is 1. The third-order valence-electron chi connectivity index (χ3n) is 0.928. The monoisotopic (exact) mass is 144 g/mol. The minimum absolute atomic E-state index is 0.0192. The zero-order chi connectivity index (χ0) is 8.15. The lowest BCUT2D eigenvalue weighted by atomic mass is 10.4. The van der Waals surface area contributed by atoms with E-state index in [1.807, 2.05) is 13.8 Å². The predicted octanol–water partition coefficient (Wildman–Crippen LogP) is 2.80. The van der Waals surface area contributed by atoms with Gasteiger partial charge in [0.05, 0.1) is 6.10 Å². The molecule has 0 amide bonds. The highest BCUT2D eigenvalue weighted by atomic mass is 19.1. The summed E-state index contributed by atoms with van der Waals surface area (Å²) in [4.78, 5) is 0. The van der Waals surface area contributed by atoms with Crippen molar-refractivity contribution in [1.82, 2.24) is 0 Å². The van der Waals surface area contributed by atoms with Gasteiger partial charge in [0.15, 0.2) is 5.83 Å². The van der Waals surface area contributed by atoms with Crippen LogP contribution in [0.1, 0.15) is 20.8 Å². The molecule has 0 aliphatic carbocycles. The van der Waals surface area contributed by atoms with Crippen molar-refractivity contribution < 1.29 is 9.13 Å². The summed E-state index contributed by atoms with van der Waals surface area (Å²) in [6.07, 6.45) is 1.16. The Labute approximate surface area is 61.2 Å². The van der Waals surface area contributed by atoms with E-state index in [1.165, 1.54) is 0 Å². The summed E-state index contributed by atoms with van der Waals surface area (Å²) in [6, 6.07) is 0. The highest BCUT2D eigenvalue weighted by Gasteiger charge is 1.99. The maximum absolute atomic E-state index is 12.5. The molecule has 0 fully saturated rings. The lowest BCUT2D eigenvalue weighted by Crippen LogP contribution is -2.00. The molecule has 0 atom stereocenters. The van der Waals surface area contributed by atoms with Gasteiger partial charge >= 0.3 is 0 Å². The Morgan fingerprint density at radius 1 is 1.60 bits per heavy atom. The number of rotatable bonds is 3. The molecule has 0 aliphatic heterocycles. The lowest BCUT2D eigenvalue weighted by molar-refractivity contribution is 0.142. The fourth-order valence-electron chi connectivity index (χ4n) is 0.554. The fourth-order valence-corrected chi connectivity index (χ4v) is 0.554. The molecule has 2 heteroatoms. The van der Waals surface area contributed by atoms with Gasteiger partial charge in [0, 0.05) is 0 Å². The third-order valence-corrected chi connectivity index (χ3v) is 0.928. The van der Waals surface area contributed by atoms with Crippen LogP contribution >= 0.6 is 0 Å². The minimum Gasteiger partial charge on any atom is -0.493 e. The van der Waals surface area contributed by atoms with Crippen molar-refractivity contribution in [3.05, 3.63) is 24.2 Å². The first-order valence-electron chi connectivity index (χ1n) is 3.23. The Balaban J connectivity index is 4.04. The number of hydrogen-bond acceptors (Lipinski definition) is 1. The van der Waals surface area contributed by atoms with Gasteiger partial charge in [-0.05, 0) is 26.8 Å². The highest BCUT2D eigenvalue weighted by Crippen LogP contribution is 2.09. The molecule has 0 N–H and O–H groups in total. The zero-order valence-electron chi connectivity index (χ0n) is 6.65. The molecule has 58 valence electrons. The van der Waals surface area contributed by atoms with E-state index in [1.54, 1.807) is 6.92 Å². The number of allylic oxidation sites excluding steroid dienone is 3. The zero-order valence-corrected chi connectivity index (χ0v) is 6.65. The van der Waals surface area contributed by atoms with Crippen LogP contribution in [0.5, 0.6) is 0 Å². The van der Waals surface area contributed by atoms with Crippen LogP contribution in [0.25, 0.3) is 0 Å². The maximum Gasteiger partial charge on any atom is 0.159 e. The van der Waals surface area contributed by atoms with Gasteiger partial charge < -0.3 is 4.74 Å². The molecular weight excluding hydrogens is 131 g/mol. The van der Waals surface area contributed by atoms with Gasteiger partial charge in [-0.2, -0.15) is 0 Å². The van der Waals surface area contributed by atoms with E-state index >= 15 is 0 Å². The van der Waals surface area contributed by atoms with E-state index in [0.717, 1.165) is 6.08 Å². The SMILES string of the molecule is C=C/C(F)=C(\C)OC(C)C. The summed E-state index contributed by atoms with van der Waals surface area (Å²) in [5, 5.41) is 0. The van der Waals surface area contributed by atoms with E-state index in [9.17, 15) is 4.39 Å². The first-order chi connectivity index (χ1) is 4.57. The van der Waals surface area contributed by atoms with Gasteiger partial charge in [0.2, 0.25) is 0 Å². The third kappa shape index (κ3) is 3.28. The normalized spacial score (nSPS) is 12.9. The van der Waals surface area contributed by atoms with Gasteiger partial charge in [-0.1, -0.05) is 6.58 Å². The first-order valence-corrected chi connectivity index (χ1v) is 3.23. The van der Waals surface area contributed by atoms with Crippen molar-refractivity contribution >= 4 is 0 Å². The Hall–Kier alpha value is -0.790. The Morgan fingerprint density at radius 2 is 2.10 bits per heavy atom. The van der Waals surface area contributed by atoms with Gasteiger partial charge in [0.25, 0.3) is 0 Å². The largest absolute Gasteiger partial charge is 0.493 e. The van der Waals surface area contributed by atoms with Crippen molar-refractivity contribution in [2.24, 2.45) is 0 Å². The van der Waals surface area contributed by atoms with E-state index < -0.39 is 5.83 Å².